The Kier molecular flexibility index (Phi) is 5.96. The van der Waals surface area contributed by atoms with Crippen molar-refractivity contribution in [1.82, 2.24) is 0 Å². The molecule has 7 heteroatoms. The van der Waals surface area contributed by atoms with Crippen LogP contribution in [0.15, 0.2) is 42.5 Å². The van der Waals surface area contributed by atoms with Gasteiger partial charge in [-0.3, -0.25) is 14.4 Å². The minimum Gasteiger partial charge on any atom is -0.452 e. The Morgan fingerprint density at radius 3 is 2.62 bits per heavy atom. The maximum Gasteiger partial charge on any atom is 0.312 e. The Labute approximate surface area is 168 Å². The SMILES string of the molecule is Cc1cccc(N2C[C@@H](C(=O)O[C@@H](C)C(=O)Nc3ccccc3F)CC2=O)c1C. The second-order valence-electron chi connectivity index (χ2n) is 7.17. The van der Waals surface area contributed by atoms with E-state index in [2.05, 4.69) is 5.32 Å². The van der Waals surface area contributed by atoms with Crippen LogP contribution >= 0.6 is 0 Å². The topological polar surface area (TPSA) is 75.7 Å². The summed E-state index contributed by atoms with van der Waals surface area (Å²) in [5.74, 6) is -2.67. The van der Waals surface area contributed by atoms with E-state index in [9.17, 15) is 18.8 Å². The maximum absolute atomic E-state index is 13.7. The number of hydrogen-bond donors (Lipinski definition) is 1. The highest BCUT2D eigenvalue weighted by Crippen LogP contribution is 2.30. The van der Waals surface area contributed by atoms with Gasteiger partial charge in [-0.2, -0.15) is 0 Å². The minimum atomic E-state index is -1.12. The molecular formula is C22H23FN2O4. The van der Waals surface area contributed by atoms with Gasteiger partial charge in [-0.1, -0.05) is 24.3 Å². The smallest absolute Gasteiger partial charge is 0.312 e. The van der Waals surface area contributed by atoms with Gasteiger partial charge in [0.1, 0.15) is 5.82 Å². The van der Waals surface area contributed by atoms with Crippen molar-refractivity contribution in [3.63, 3.8) is 0 Å². The third kappa shape index (κ3) is 4.45. The van der Waals surface area contributed by atoms with E-state index in [4.69, 9.17) is 4.74 Å². The molecule has 0 bridgehead atoms. The molecule has 0 unspecified atom stereocenters. The first-order valence-corrected chi connectivity index (χ1v) is 9.40. The lowest BCUT2D eigenvalue weighted by atomic mass is 10.1. The van der Waals surface area contributed by atoms with E-state index in [0.717, 1.165) is 16.8 Å². The van der Waals surface area contributed by atoms with Crippen LogP contribution in [0.2, 0.25) is 0 Å². The zero-order valence-corrected chi connectivity index (χ0v) is 16.6. The van der Waals surface area contributed by atoms with E-state index in [1.165, 1.54) is 25.1 Å². The molecule has 1 saturated heterocycles. The van der Waals surface area contributed by atoms with Crippen molar-refractivity contribution in [2.75, 3.05) is 16.8 Å². The lowest BCUT2D eigenvalue weighted by Gasteiger charge is -2.20. The van der Waals surface area contributed by atoms with Gasteiger partial charge < -0.3 is 15.0 Å². The molecule has 29 heavy (non-hydrogen) atoms. The Balaban J connectivity index is 1.62. The van der Waals surface area contributed by atoms with Gasteiger partial charge in [0.05, 0.1) is 11.6 Å². The molecule has 1 aliphatic heterocycles. The van der Waals surface area contributed by atoms with Crippen LogP contribution in [-0.4, -0.2) is 30.4 Å². The zero-order chi connectivity index (χ0) is 21.1. The van der Waals surface area contributed by atoms with Crippen molar-refractivity contribution in [1.29, 1.82) is 0 Å². The number of amides is 2. The molecule has 1 N–H and O–H groups in total. The Morgan fingerprint density at radius 1 is 1.17 bits per heavy atom. The summed E-state index contributed by atoms with van der Waals surface area (Å²) in [4.78, 5) is 38.7. The average molecular weight is 398 g/mol. The van der Waals surface area contributed by atoms with Gasteiger partial charge in [-0.25, -0.2) is 4.39 Å². The fraction of sp³-hybridized carbons (Fsp3) is 0.318. The van der Waals surface area contributed by atoms with Gasteiger partial charge >= 0.3 is 5.97 Å². The summed E-state index contributed by atoms with van der Waals surface area (Å²) in [6, 6.07) is 11.4. The van der Waals surface area contributed by atoms with Gasteiger partial charge in [0.15, 0.2) is 6.10 Å². The van der Waals surface area contributed by atoms with E-state index in [1.807, 2.05) is 32.0 Å². The molecule has 0 radical (unpaired) electrons. The Morgan fingerprint density at radius 2 is 1.90 bits per heavy atom. The normalized spacial score (nSPS) is 17.2. The molecule has 152 valence electrons. The molecule has 1 heterocycles. The highest BCUT2D eigenvalue weighted by Gasteiger charge is 2.37. The van der Waals surface area contributed by atoms with Crippen molar-refractivity contribution >= 4 is 29.2 Å². The van der Waals surface area contributed by atoms with Crippen LogP contribution in [0.25, 0.3) is 0 Å². The average Bonchev–Trinajstić information content (AvgIpc) is 3.07. The predicted molar refractivity (Wildman–Crippen MR) is 107 cm³/mol. The molecule has 2 amide bonds. The lowest BCUT2D eigenvalue weighted by Crippen LogP contribution is -2.33. The third-order valence-corrected chi connectivity index (χ3v) is 5.12. The van der Waals surface area contributed by atoms with E-state index >= 15 is 0 Å². The molecule has 3 rings (SSSR count). The predicted octanol–water partition coefficient (Wildman–Crippen LogP) is 3.37. The molecule has 2 atom stereocenters. The van der Waals surface area contributed by atoms with Crippen LogP contribution in [-0.2, 0) is 19.1 Å². The number of esters is 1. The van der Waals surface area contributed by atoms with E-state index in [0.29, 0.717) is 0 Å². The molecule has 2 aromatic rings. The lowest BCUT2D eigenvalue weighted by molar-refractivity contribution is -0.157. The number of rotatable bonds is 5. The zero-order valence-electron chi connectivity index (χ0n) is 16.6. The number of nitrogens with zero attached hydrogens (tertiary/aromatic N) is 1. The first-order valence-electron chi connectivity index (χ1n) is 9.40. The molecule has 1 fully saturated rings. The standard InChI is InChI=1S/C22H23FN2O4/c1-13-7-6-10-19(14(13)2)25-12-16(11-20(25)26)22(28)29-15(3)21(27)24-18-9-5-4-8-17(18)23/h4-10,15-16H,11-12H2,1-3H3,(H,24,27)/t15-,16-/m0/s1. The van der Waals surface area contributed by atoms with Crippen LogP contribution < -0.4 is 10.2 Å². The van der Waals surface area contributed by atoms with Gasteiger partial charge in [-0.15, -0.1) is 0 Å². The fourth-order valence-corrected chi connectivity index (χ4v) is 3.25. The summed E-state index contributed by atoms with van der Waals surface area (Å²) in [5.41, 5.74) is 2.82. The second kappa shape index (κ2) is 8.43. The summed E-state index contributed by atoms with van der Waals surface area (Å²) in [5, 5.41) is 2.39. The molecule has 0 aliphatic carbocycles. The van der Waals surface area contributed by atoms with Gasteiger partial charge in [0.2, 0.25) is 5.91 Å². The van der Waals surface area contributed by atoms with E-state index in [1.54, 1.807) is 11.0 Å². The first-order chi connectivity index (χ1) is 13.8. The number of carbonyl (C=O) groups is 3. The largest absolute Gasteiger partial charge is 0.452 e. The number of para-hydroxylation sites is 1. The maximum atomic E-state index is 13.7. The molecular weight excluding hydrogens is 375 g/mol. The van der Waals surface area contributed by atoms with Crippen LogP contribution in [0.5, 0.6) is 0 Å². The van der Waals surface area contributed by atoms with Crippen LogP contribution in [0, 0.1) is 25.6 Å². The van der Waals surface area contributed by atoms with Crippen molar-refractivity contribution in [3.05, 3.63) is 59.4 Å². The summed E-state index contributed by atoms with van der Waals surface area (Å²) in [6.07, 6.45) is -1.10. The van der Waals surface area contributed by atoms with Crippen LogP contribution in [0.4, 0.5) is 15.8 Å². The summed E-state index contributed by atoms with van der Waals surface area (Å²) in [6.45, 7) is 5.50. The number of benzene rings is 2. The molecule has 0 saturated carbocycles. The summed E-state index contributed by atoms with van der Waals surface area (Å²) in [7, 11) is 0. The third-order valence-electron chi connectivity index (χ3n) is 5.12. The number of hydrogen-bond acceptors (Lipinski definition) is 4. The van der Waals surface area contributed by atoms with Gasteiger partial charge in [0.25, 0.3) is 5.91 Å². The summed E-state index contributed by atoms with van der Waals surface area (Å²) < 4.78 is 18.9. The monoisotopic (exact) mass is 398 g/mol. The van der Waals surface area contributed by atoms with Crippen LogP contribution in [0.3, 0.4) is 0 Å². The number of ether oxygens (including phenoxy) is 1. The van der Waals surface area contributed by atoms with Gasteiger partial charge in [-0.05, 0) is 50.1 Å². The van der Waals surface area contributed by atoms with Crippen molar-refractivity contribution in [2.45, 2.75) is 33.3 Å². The molecule has 1 aliphatic rings. The van der Waals surface area contributed by atoms with E-state index < -0.39 is 29.7 Å². The van der Waals surface area contributed by atoms with Crippen molar-refractivity contribution in [2.24, 2.45) is 5.92 Å². The van der Waals surface area contributed by atoms with E-state index in [-0.39, 0.29) is 24.6 Å². The molecule has 0 spiro atoms. The molecule has 0 aromatic heterocycles. The minimum absolute atomic E-state index is 0.0116. The fourth-order valence-electron chi connectivity index (χ4n) is 3.25. The van der Waals surface area contributed by atoms with Gasteiger partial charge in [0, 0.05) is 18.7 Å². The number of aryl methyl sites for hydroxylation is 1. The highest BCUT2D eigenvalue weighted by molar-refractivity contribution is 6.01. The molecule has 2 aromatic carbocycles. The number of nitrogens with one attached hydrogen (secondary N) is 1. The molecule has 6 nitrogen and oxygen atoms in total. The number of anilines is 2. The quantitative estimate of drug-likeness (QED) is 0.784. The van der Waals surface area contributed by atoms with Crippen LogP contribution in [0.1, 0.15) is 24.5 Å². The number of halogens is 1. The van der Waals surface area contributed by atoms with Crippen molar-refractivity contribution in [3.8, 4) is 0 Å². The first kappa shape index (κ1) is 20.5. The Bertz CT molecular complexity index is 960. The van der Waals surface area contributed by atoms with Crippen molar-refractivity contribution < 1.29 is 23.5 Å². The highest BCUT2D eigenvalue weighted by atomic mass is 19.1. The summed E-state index contributed by atoms with van der Waals surface area (Å²) >= 11 is 0. The Hall–Kier alpha value is -3.22. The second-order valence-corrected chi connectivity index (χ2v) is 7.17. The number of carbonyl (C=O) groups excluding carboxylic acids is 3.